The fourth-order valence-electron chi connectivity index (χ4n) is 2.34. The number of nitrogens with two attached hydrogens (primary N) is 1. The van der Waals surface area contributed by atoms with Crippen LogP contribution in [0.1, 0.15) is 16.6 Å². The Morgan fingerprint density at radius 2 is 1.74 bits per heavy atom. The SMILES string of the molecule is Nc1nc(=O)n([C@@H]2O[C@H](COP(=O)(O)OP(=O)(O)OP(=O)(O)O)C(O)C2O)cc1C=O. The molecule has 2 rings (SSSR count). The Hall–Kier alpha value is -1.36. The summed E-state index contributed by atoms with van der Waals surface area (Å²) in [7, 11) is -16.9. The Kier molecular flexibility index (Phi) is 7.73. The van der Waals surface area contributed by atoms with Crippen LogP contribution in [0.2, 0.25) is 0 Å². The van der Waals surface area contributed by atoms with Crippen LogP contribution in [0.3, 0.4) is 0 Å². The fourth-order valence-corrected chi connectivity index (χ4v) is 5.37. The van der Waals surface area contributed by atoms with Crippen LogP contribution in [0.25, 0.3) is 0 Å². The van der Waals surface area contributed by atoms with Crippen LogP contribution < -0.4 is 11.4 Å². The van der Waals surface area contributed by atoms with Crippen LogP contribution in [0.5, 0.6) is 0 Å². The largest absolute Gasteiger partial charge is 0.490 e. The van der Waals surface area contributed by atoms with Gasteiger partial charge in [-0.05, 0) is 0 Å². The van der Waals surface area contributed by atoms with E-state index < -0.39 is 66.1 Å². The van der Waals surface area contributed by atoms with Gasteiger partial charge in [0, 0.05) is 6.20 Å². The molecule has 18 nitrogen and oxygen atoms in total. The van der Waals surface area contributed by atoms with E-state index in [1.165, 1.54) is 0 Å². The van der Waals surface area contributed by atoms with Gasteiger partial charge in [-0.1, -0.05) is 0 Å². The average molecular weight is 511 g/mol. The van der Waals surface area contributed by atoms with Gasteiger partial charge < -0.3 is 40.3 Å². The van der Waals surface area contributed by atoms with Gasteiger partial charge in [-0.3, -0.25) is 13.9 Å². The molecular formula is C10H16N3O15P3. The third-order valence-corrected chi connectivity index (χ3v) is 7.37. The minimum absolute atomic E-state index is 0.249. The molecule has 176 valence electrons. The minimum Gasteiger partial charge on any atom is -0.387 e. The van der Waals surface area contributed by atoms with Crippen molar-refractivity contribution < 1.29 is 66.2 Å². The summed E-state index contributed by atoms with van der Waals surface area (Å²) in [6.07, 6.45) is -5.83. The number of rotatable bonds is 9. The highest BCUT2D eigenvalue weighted by Crippen LogP contribution is 2.66. The van der Waals surface area contributed by atoms with Crippen LogP contribution in [-0.4, -0.2) is 70.5 Å². The Morgan fingerprint density at radius 1 is 1.13 bits per heavy atom. The number of carbonyl (C=O) groups is 1. The molecule has 0 amide bonds. The molecule has 1 aromatic rings. The van der Waals surface area contributed by atoms with E-state index in [0.717, 1.165) is 6.20 Å². The van der Waals surface area contributed by atoms with Crippen molar-refractivity contribution in [3.63, 3.8) is 0 Å². The zero-order valence-corrected chi connectivity index (χ0v) is 17.5. The van der Waals surface area contributed by atoms with Gasteiger partial charge >= 0.3 is 29.2 Å². The molecule has 21 heteroatoms. The summed E-state index contributed by atoms with van der Waals surface area (Å²) in [6.45, 7) is -1.09. The molecule has 0 aliphatic carbocycles. The molecule has 0 saturated carbocycles. The average Bonchev–Trinajstić information content (AvgIpc) is 2.85. The Bertz CT molecular complexity index is 1040. The zero-order valence-electron chi connectivity index (χ0n) is 14.8. The van der Waals surface area contributed by atoms with E-state index in [4.69, 9.17) is 25.2 Å². The van der Waals surface area contributed by atoms with Crippen molar-refractivity contribution in [3.8, 4) is 0 Å². The maximum atomic E-state index is 12.0. The van der Waals surface area contributed by atoms with Crippen molar-refractivity contribution >= 4 is 35.6 Å². The van der Waals surface area contributed by atoms with Crippen LogP contribution in [0.15, 0.2) is 11.0 Å². The number of phosphoric ester groups is 1. The van der Waals surface area contributed by atoms with E-state index in [0.29, 0.717) is 4.57 Å². The second kappa shape index (κ2) is 9.25. The first-order valence-corrected chi connectivity index (χ1v) is 12.2. The van der Waals surface area contributed by atoms with Gasteiger partial charge in [-0.15, -0.1) is 0 Å². The molecule has 8 N–H and O–H groups in total. The maximum Gasteiger partial charge on any atom is 0.490 e. The van der Waals surface area contributed by atoms with E-state index in [9.17, 15) is 38.4 Å². The summed E-state index contributed by atoms with van der Waals surface area (Å²) in [5.74, 6) is -0.409. The highest BCUT2D eigenvalue weighted by atomic mass is 31.3. The number of aliphatic hydroxyl groups excluding tert-OH is 2. The Labute approximate surface area is 171 Å². The molecule has 2 heterocycles. The number of anilines is 1. The highest BCUT2D eigenvalue weighted by molar-refractivity contribution is 7.66. The van der Waals surface area contributed by atoms with Crippen molar-refractivity contribution in [2.75, 3.05) is 12.3 Å². The molecule has 4 unspecified atom stereocenters. The number of hydrogen-bond donors (Lipinski definition) is 7. The molecule has 0 bridgehead atoms. The van der Waals surface area contributed by atoms with Crippen LogP contribution in [0, 0.1) is 0 Å². The highest BCUT2D eigenvalue weighted by Gasteiger charge is 2.46. The van der Waals surface area contributed by atoms with Crippen molar-refractivity contribution in [2.45, 2.75) is 24.5 Å². The summed E-state index contributed by atoms with van der Waals surface area (Å²) in [6, 6.07) is 0. The molecule has 31 heavy (non-hydrogen) atoms. The standard InChI is InChI=1S/C10H16N3O15P3/c11-8-4(2-14)1-13(10(17)12-8)9-7(16)6(15)5(26-9)3-25-30(21,22)28-31(23,24)27-29(18,19)20/h1-2,5-7,9,15-16H,3H2,(H,21,22)(H,23,24)(H2,11,12,17)(H2,18,19,20)/t5-,6?,7?,9-/m1/s1. The normalized spacial score (nSPS) is 28.1. The van der Waals surface area contributed by atoms with Gasteiger partial charge in [0.1, 0.15) is 24.1 Å². The molecule has 0 spiro atoms. The molecule has 6 atom stereocenters. The van der Waals surface area contributed by atoms with Gasteiger partial charge in [0.15, 0.2) is 12.5 Å². The molecule has 0 aromatic carbocycles. The second-order valence-corrected chi connectivity index (χ2v) is 10.2. The molecule has 1 aliphatic rings. The van der Waals surface area contributed by atoms with E-state index in [1.807, 2.05) is 0 Å². The van der Waals surface area contributed by atoms with Crippen LogP contribution in [-0.2, 0) is 31.6 Å². The molecule has 1 aliphatic heterocycles. The van der Waals surface area contributed by atoms with Crippen LogP contribution >= 0.6 is 23.5 Å². The number of hydrogen-bond acceptors (Lipinski definition) is 13. The first kappa shape index (κ1) is 25.9. The van der Waals surface area contributed by atoms with Crippen LogP contribution in [0.4, 0.5) is 5.82 Å². The number of aromatic nitrogens is 2. The number of phosphoric acid groups is 3. The number of nitrogen functional groups attached to an aromatic ring is 1. The lowest BCUT2D eigenvalue weighted by atomic mass is 10.1. The van der Waals surface area contributed by atoms with Crippen molar-refractivity contribution in [1.82, 2.24) is 9.55 Å². The Morgan fingerprint density at radius 3 is 2.29 bits per heavy atom. The monoisotopic (exact) mass is 511 g/mol. The van der Waals surface area contributed by atoms with E-state index in [2.05, 4.69) is 18.1 Å². The Balaban J connectivity index is 2.12. The van der Waals surface area contributed by atoms with E-state index in [1.54, 1.807) is 0 Å². The number of aliphatic hydroxyl groups is 2. The predicted molar refractivity (Wildman–Crippen MR) is 94.0 cm³/mol. The molecule has 1 fully saturated rings. The summed E-state index contributed by atoms with van der Waals surface area (Å²) >= 11 is 0. The lowest BCUT2D eigenvalue weighted by molar-refractivity contribution is -0.0541. The van der Waals surface area contributed by atoms with Gasteiger partial charge in [-0.2, -0.15) is 13.6 Å². The summed E-state index contributed by atoms with van der Waals surface area (Å²) in [5.41, 5.74) is 4.04. The number of ether oxygens (including phenoxy) is 1. The van der Waals surface area contributed by atoms with Gasteiger partial charge in [-0.25, -0.2) is 18.5 Å². The first-order valence-electron chi connectivity index (χ1n) is 7.69. The van der Waals surface area contributed by atoms with Gasteiger partial charge in [0.05, 0.1) is 12.2 Å². The van der Waals surface area contributed by atoms with Crippen molar-refractivity contribution in [3.05, 3.63) is 22.2 Å². The summed E-state index contributed by atoms with van der Waals surface area (Å²) in [5, 5.41) is 20.1. The minimum atomic E-state index is -5.76. The maximum absolute atomic E-state index is 12.0. The smallest absolute Gasteiger partial charge is 0.387 e. The molecule has 0 radical (unpaired) electrons. The first-order chi connectivity index (χ1) is 14.1. The third kappa shape index (κ3) is 6.81. The van der Waals surface area contributed by atoms with Gasteiger partial charge in [0.25, 0.3) is 0 Å². The lowest BCUT2D eigenvalue weighted by Crippen LogP contribution is -2.36. The van der Waals surface area contributed by atoms with E-state index in [-0.39, 0.29) is 11.8 Å². The van der Waals surface area contributed by atoms with Crippen molar-refractivity contribution in [1.29, 1.82) is 0 Å². The topological polar surface area (TPSA) is 287 Å². The molecule has 1 aromatic heterocycles. The molecule has 1 saturated heterocycles. The number of carbonyl (C=O) groups excluding carboxylic acids is 1. The number of aldehydes is 1. The quantitative estimate of drug-likeness (QED) is 0.134. The van der Waals surface area contributed by atoms with Crippen molar-refractivity contribution in [2.24, 2.45) is 0 Å². The molecular weight excluding hydrogens is 495 g/mol. The lowest BCUT2D eigenvalue weighted by Gasteiger charge is -2.19. The fraction of sp³-hybridized carbons (Fsp3) is 0.500. The zero-order chi connectivity index (χ0) is 23.8. The summed E-state index contributed by atoms with van der Waals surface area (Å²) < 4.78 is 50.7. The second-order valence-electron chi connectivity index (χ2n) is 5.82. The third-order valence-electron chi connectivity index (χ3n) is 3.57. The number of nitrogens with zero attached hydrogens (tertiary/aromatic N) is 2. The van der Waals surface area contributed by atoms with E-state index >= 15 is 0 Å². The predicted octanol–water partition coefficient (Wildman–Crippen LogP) is -2.40. The van der Waals surface area contributed by atoms with Gasteiger partial charge in [0.2, 0.25) is 0 Å². The summed E-state index contributed by atoms with van der Waals surface area (Å²) in [4.78, 5) is 61.6.